The third-order valence-corrected chi connectivity index (χ3v) is 4.42. The summed E-state index contributed by atoms with van der Waals surface area (Å²) >= 11 is 5.85. The van der Waals surface area contributed by atoms with Crippen molar-refractivity contribution in [3.8, 4) is 0 Å². The predicted molar refractivity (Wildman–Crippen MR) is 102 cm³/mol. The first-order valence-corrected chi connectivity index (χ1v) is 9.29. The van der Waals surface area contributed by atoms with Crippen molar-refractivity contribution in [3.63, 3.8) is 0 Å². The Morgan fingerprint density at radius 2 is 2.15 bits per heavy atom. The molecule has 1 atom stereocenters. The second-order valence-electron chi connectivity index (χ2n) is 7.82. The van der Waals surface area contributed by atoms with E-state index < -0.39 is 11.7 Å². The predicted octanol–water partition coefficient (Wildman–Crippen LogP) is 4.81. The summed E-state index contributed by atoms with van der Waals surface area (Å²) in [5, 5.41) is 8.28. The Kier molecular flexibility index (Phi) is 5.23. The number of anilines is 1. The number of carbonyl (C=O) groups is 1. The molecule has 0 saturated heterocycles. The van der Waals surface area contributed by atoms with E-state index in [4.69, 9.17) is 16.3 Å². The molecule has 0 spiro atoms. The maximum atomic E-state index is 12.5. The SMILES string of the molecule is CC(CNc1cc(C2CC2)nn1C(=O)OC(C)(C)C)c1ccc(Cl)nc1. The van der Waals surface area contributed by atoms with E-state index in [1.54, 1.807) is 12.3 Å². The topological polar surface area (TPSA) is 69.0 Å². The minimum absolute atomic E-state index is 0.200. The Balaban J connectivity index is 1.73. The van der Waals surface area contributed by atoms with Crippen LogP contribution in [0.4, 0.5) is 10.6 Å². The van der Waals surface area contributed by atoms with Crippen LogP contribution in [-0.4, -0.2) is 33.0 Å². The zero-order valence-electron chi connectivity index (χ0n) is 15.6. The molecular formula is C19H25ClN4O2. The molecule has 7 heteroatoms. The van der Waals surface area contributed by atoms with Gasteiger partial charge in [0.1, 0.15) is 16.6 Å². The molecule has 0 aromatic carbocycles. The molecule has 1 aliphatic carbocycles. The fourth-order valence-electron chi connectivity index (χ4n) is 2.60. The van der Waals surface area contributed by atoms with Crippen molar-refractivity contribution >= 4 is 23.5 Å². The summed E-state index contributed by atoms with van der Waals surface area (Å²) in [6.45, 7) is 8.27. The maximum Gasteiger partial charge on any atom is 0.437 e. The maximum absolute atomic E-state index is 12.5. The molecule has 2 heterocycles. The summed E-state index contributed by atoms with van der Waals surface area (Å²) in [7, 11) is 0. The van der Waals surface area contributed by atoms with Crippen LogP contribution >= 0.6 is 11.6 Å². The third-order valence-electron chi connectivity index (χ3n) is 4.20. The van der Waals surface area contributed by atoms with E-state index in [0.717, 1.165) is 24.1 Å². The molecule has 1 saturated carbocycles. The highest BCUT2D eigenvalue weighted by Crippen LogP contribution is 2.40. The molecule has 0 radical (unpaired) electrons. The monoisotopic (exact) mass is 376 g/mol. The highest BCUT2D eigenvalue weighted by Gasteiger charge is 2.30. The largest absolute Gasteiger partial charge is 0.442 e. The molecule has 0 aliphatic heterocycles. The normalized spacial score (nSPS) is 15.6. The fourth-order valence-corrected chi connectivity index (χ4v) is 2.71. The van der Waals surface area contributed by atoms with Crippen molar-refractivity contribution in [3.05, 3.63) is 40.8 Å². The van der Waals surface area contributed by atoms with Gasteiger partial charge >= 0.3 is 6.09 Å². The molecule has 6 nitrogen and oxygen atoms in total. The van der Waals surface area contributed by atoms with Gasteiger partial charge in [0.15, 0.2) is 0 Å². The quantitative estimate of drug-likeness (QED) is 0.758. The van der Waals surface area contributed by atoms with Crippen molar-refractivity contribution in [1.29, 1.82) is 0 Å². The summed E-state index contributed by atoms with van der Waals surface area (Å²) in [4.78, 5) is 16.6. The average molecular weight is 377 g/mol. The zero-order chi connectivity index (χ0) is 18.9. The molecule has 1 aliphatic rings. The summed E-state index contributed by atoms with van der Waals surface area (Å²) in [6, 6.07) is 5.69. The second-order valence-corrected chi connectivity index (χ2v) is 8.20. The van der Waals surface area contributed by atoms with E-state index in [2.05, 4.69) is 22.3 Å². The molecule has 2 aromatic rings. The fraction of sp³-hybridized carbons (Fsp3) is 0.526. The average Bonchev–Trinajstić information content (AvgIpc) is 3.31. The number of rotatable bonds is 5. The lowest BCUT2D eigenvalue weighted by molar-refractivity contribution is 0.0517. The minimum atomic E-state index is -0.567. The van der Waals surface area contributed by atoms with E-state index in [1.165, 1.54) is 4.68 Å². The molecule has 1 N–H and O–H groups in total. The Bertz CT molecular complexity index is 776. The highest BCUT2D eigenvalue weighted by molar-refractivity contribution is 6.29. The minimum Gasteiger partial charge on any atom is -0.442 e. The van der Waals surface area contributed by atoms with Crippen LogP contribution in [0.15, 0.2) is 24.4 Å². The van der Waals surface area contributed by atoms with Gasteiger partial charge in [0, 0.05) is 24.7 Å². The lowest BCUT2D eigenvalue weighted by atomic mass is 10.0. The molecule has 2 aromatic heterocycles. The number of halogens is 1. The number of pyridine rings is 1. The van der Waals surface area contributed by atoms with Crippen LogP contribution in [-0.2, 0) is 4.74 Å². The Morgan fingerprint density at radius 3 is 2.73 bits per heavy atom. The van der Waals surface area contributed by atoms with Gasteiger partial charge in [-0.15, -0.1) is 4.68 Å². The Labute approximate surface area is 158 Å². The molecule has 0 amide bonds. The third kappa shape index (κ3) is 4.75. The van der Waals surface area contributed by atoms with E-state index in [-0.39, 0.29) is 5.92 Å². The second kappa shape index (κ2) is 7.27. The van der Waals surface area contributed by atoms with Gasteiger partial charge in [-0.1, -0.05) is 24.6 Å². The van der Waals surface area contributed by atoms with Crippen molar-refractivity contribution in [2.75, 3.05) is 11.9 Å². The molecule has 3 rings (SSSR count). The van der Waals surface area contributed by atoms with Crippen molar-refractivity contribution in [1.82, 2.24) is 14.8 Å². The number of aromatic nitrogens is 3. The van der Waals surface area contributed by atoms with E-state index >= 15 is 0 Å². The first-order chi connectivity index (χ1) is 12.2. The zero-order valence-corrected chi connectivity index (χ0v) is 16.4. The van der Waals surface area contributed by atoms with Crippen LogP contribution in [0.1, 0.15) is 63.6 Å². The smallest absolute Gasteiger partial charge is 0.437 e. The number of nitrogens with zero attached hydrogens (tertiary/aromatic N) is 3. The molecule has 26 heavy (non-hydrogen) atoms. The molecule has 1 fully saturated rings. The van der Waals surface area contributed by atoms with E-state index in [1.807, 2.05) is 32.9 Å². The van der Waals surface area contributed by atoms with Crippen molar-refractivity contribution in [2.45, 2.75) is 58.0 Å². The van der Waals surface area contributed by atoms with Gasteiger partial charge in [0.2, 0.25) is 0 Å². The molecule has 140 valence electrons. The van der Waals surface area contributed by atoms with Gasteiger partial charge in [0.05, 0.1) is 5.69 Å². The van der Waals surface area contributed by atoms with Crippen molar-refractivity contribution in [2.24, 2.45) is 0 Å². The van der Waals surface area contributed by atoms with Gasteiger partial charge in [-0.05, 0) is 51.2 Å². The van der Waals surface area contributed by atoms with Gasteiger partial charge in [-0.25, -0.2) is 9.78 Å². The number of hydrogen-bond donors (Lipinski definition) is 1. The summed E-state index contributed by atoms with van der Waals surface area (Å²) < 4.78 is 6.82. The van der Waals surface area contributed by atoms with Crippen molar-refractivity contribution < 1.29 is 9.53 Å². The van der Waals surface area contributed by atoms with Crippen LogP contribution in [0.5, 0.6) is 0 Å². The van der Waals surface area contributed by atoms with E-state index in [9.17, 15) is 4.79 Å². The van der Waals surface area contributed by atoms with Gasteiger partial charge < -0.3 is 10.1 Å². The lowest BCUT2D eigenvalue weighted by Crippen LogP contribution is -2.29. The number of ether oxygens (including phenoxy) is 1. The van der Waals surface area contributed by atoms with Gasteiger partial charge in [-0.3, -0.25) is 0 Å². The Morgan fingerprint density at radius 1 is 1.42 bits per heavy atom. The lowest BCUT2D eigenvalue weighted by Gasteiger charge is -2.20. The number of hydrogen-bond acceptors (Lipinski definition) is 5. The standard InChI is InChI=1S/C19H25ClN4O2/c1-12(14-7-8-16(20)21-11-14)10-22-17-9-15(13-5-6-13)23-24(17)18(25)26-19(2,3)4/h7-9,11-13,22H,5-6,10H2,1-4H3. The molecule has 0 bridgehead atoms. The summed E-state index contributed by atoms with van der Waals surface area (Å²) in [6.07, 6.45) is 3.55. The van der Waals surface area contributed by atoms with E-state index in [0.29, 0.717) is 23.4 Å². The first kappa shape index (κ1) is 18.7. The van der Waals surface area contributed by atoms with Crippen LogP contribution < -0.4 is 5.32 Å². The summed E-state index contributed by atoms with van der Waals surface area (Å²) in [5.74, 6) is 1.32. The Hall–Kier alpha value is -2.08. The van der Waals surface area contributed by atoms with Crippen LogP contribution in [0.25, 0.3) is 0 Å². The molecular weight excluding hydrogens is 352 g/mol. The van der Waals surface area contributed by atoms with Gasteiger partial charge in [0.25, 0.3) is 0 Å². The van der Waals surface area contributed by atoms with Crippen LogP contribution in [0.2, 0.25) is 5.15 Å². The number of carbonyl (C=O) groups excluding carboxylic acids is 1. The number of nitrogens with one attached hydrogen (secondary N) is 1. The summed E-state index contributed by atoms with van der Waals surface area (Å²) in [5.41, 5.74) is 1.45. The van der Waals surface area contributed by atoms with Crippen LogP contribution in [0.3, 0.4) is 0 Å². The highest BCUT2D eigenvalue weighted by atomic mass is 35.5. The first-order valence-electron chi connectivity index (χ1n) is 8.91. The van der Waals surface area contributed by atoms with Crippen LogP contribution in [0, 0.1) is 0 Å². The molecule has 1 unspecified atom stereocenters. The van der Waals surface area contributed by atoms with Gasteiger partial charge in [-0.2, -0.15) is 5.10 Å².